The third-order valence-corrected chi connectivity index (χ3v) is 1.69. The van der Waals surface area contributed by atoms with Gasteiger partial charge in [-0.2, -0.15) is 0 Å². The van der Waals surface area contributed by atoms with Crippen LogP contribution in [0, 0.1) is 0 Å². The average molecular weight is 175 g/mol. The molecule has 0 spiro atoms. The molecular weight excluding hydrogens is 158 g/mol. The van der Waals surface area contributed by atoms with Crippen molar-refractivity contribution in [3.63, 3.8) is 0 Å². The second kappa shape index (κ2) is 5.83. The van der Waals surface area contributed by atoms with Gasteiger partial charge in [-0.25, -0.2) is 4.79 Å². The van der Waals surface area contributed by atoms with Gasteiger partial charge in [0.25, 0.3) is 0 Å². The van der Waals surface area contributed by atoms with Crippen LogP contribution >= 0.6 is 0 Å². The summed E-state index contributed by atoms with van der Waals surface area (Å²) in [5, 5.41) is 9.36. The molecule has 4 heteroatoms. The summed E-state index contributed by atoms with van der Waals surface area (Å²) < 4.78 is 4.73. The van der Waals surface area contributed by atoms with Crippen LogP contribution in [0.1, 0.15) is 33.1 Å². The highest BCUT2D eigenvalue weighted by Gasteiger charge is 2.19. The lowest BCUT2D eigenvalue weighted by molar-refractivity contribution is 0.000146. The Morgan fingerprint density at radius 2 is 2.17 bits per heavy atom. The third kappa shape index (κ3) is 4.18. The summed E-state index contributed by atoms with van der Waals surface area (Å²) in [5.74, 6) is 0. The summed E-state index contributed by atoms with van der Waals surface area (Å²) in [6.07, 6.45) is 0.209. The number of carbonyl (C=O) groups is 1. The van der Waals surface area contributed by atoms with Crippen LogP contribution in [0.5, 0.6) is 0 Å². The van der Waals surface area contributed by atoms with Crippen molar-refractivity contribution < 1.29 is 14.6 Å². The van der Waals surface area contributed by atoms with E-state index in [-0.39, 0.29) is 0 Å². The van der Waals surface area contributed by atoms with Gasteiger partial charge < -0.3 is 15.6 Å². The van der Waals surface area contributed by atoms with Crippen LogP contribution in [0.15, 0.2) is 0 Å². The second-order valence-corrected chi connectivity index (χ2v) is 2.74. The van der Waals surface area contributed by atoms with E-state index in [0.717, 1.165) is 6.42 Å². The van der Waals surface area contributed by atoms with E-state index in [1.54, 1.807) is 0 Å². The number of primary amides is 1. The molecule has 3 N–H and O–H groups in total. The molecule has 0 saturated carbocycles. The maximum absolute atomic E-state index is 10.4. The van der Waals surface area contributed by atoms with Crippen LogP contribution in [-0.4, -0.2) is 23.4 Å². The predicted octanol–water partition coefficient (Wildman–Crippen LogP) is 1.02. The number of rotatable bonds is 5. The van der Waals surface area contributed by atoms with Crippen molar-refractivity contribution in [2.24, 2.45) is 5.73 Å². The highest BCUT2D eigenvalue weighted by molar-refractivity contribution is 5.64. The van der Waals surface area contributed by atoms with Gasteiger partial charge in [-0.15, -0.1) is 0 Å². The molecule has 0 aromatic heterocycles. The number of aliphatic hydroxyl groups is 1. The van der Waals surface area contributed by atoms with Gasteiger partial charge in [0, 0.05) is 0 Å². The Hall–Kier alpha value is -0.770. The van der Waals surface area contributed by atoms with Gasteiger partial charge in [0.05, 0.1) is 6.10 Å². The molecule has 2 unspecified atom stereocenters. The number of carbonyl (C=O) groups excluding carboxylic acids is 1. The molecule has 0 heterocycles. The summed E-state index contributed by atoms with van der Waals surface area (Å²) in [5.41, 5.74) is 4.84. The van der Waals surface area contributed by atoms with E-state index in [0.29, 0.717) is 12.8 Å². The first-order valence-electron chi connectivity index (χ1n) is 4.25. The molecule has 0 aromatic rings. The van der Waals surface area contributed by atoms with E-state index >= 15 is 0 Å². The maximum Gasteiger partial charge on any atom is 0.404 e. The quantitative estimate of drug-likeness (QED) is 0.655. The molecule has 0 fully saturated rings. The van der Waals surface area contributed by atoms with Crippen molar-refractivity contribution in [1.82, 2.24) is 0 Å². The zero-order valence-electron chi connectivity index (χ0n) is 7.62. The van der Waals surface area contributed by atoms with E-state index in [9.17, 15) is 9.90 Å². The van der Waals surface area contributed by atoms with Crippen molar-refractivity contribution in [1.29, 1.82) is 0 Å². The van der Waals surface area contributed by atoms with Gasteiger partial charge in [0.15, 0.2) is 0 Å². The fourth-order valence-corrected chi connectivity index (χ4v) is 1.03. The Morgan fingerprint density at radius 1 is 1.58 bits per heavy atom. The largest absolute Gasteiger partial charge is 0.444 e. The van der Waals surface area contributed by atoms with Gasteiger partial charge in [0.2, 0.25) is 0 Å². The summed E-state index contributed by atoms with van der Waals surface area (Å²) in [6, 6.07) is 0. The summed E-state index contributed by atoms with van der Waals surface area (Å²) in [7, 11) is 0. The first-order chi connectivity index (χ1) is 5.61. The summed E-state index contributed by atoms with van der Waals surface area (Å²) in [4.78, 5) is 10.4. The van der Waals surface area contributed by atoms with Gasteiger partial charge in [-0.1, -0.05) is 20.3 Å². The van der Waals surface area contributed by atoms with Gasteiger partial charge >= 0.3 is 6.09 Å². The molecule has 0 aliphatic rings. The van der Waals surface area contributed by atoms with Crippen LogP contribution in [0.2, 0.25) is 0 Å². The number of aliphatic hydroxyl groups excluding tert-OH is 1. The molecular formula is C8H17NO3. The molecule has 0 rings (SSSR count). The highest BCUT2D eigenvalue weighted by Crippen LogP contribution is 2.09. The molecule has 0 aromatic carbocycles. The molecule has 12 heavy (non-hydrogen) atoms. The zero-order chi connectivity index (χ0) is 9.56. The molecule has 72 valence electrons. The smallest absolute Gasteiger partial charge is 0.404 e. The molecule has 2 atom stereocenters. The van der Waals surface area contributed by atoms with E-state index in [2.05, 4.69) is 0 Å². The van der Waals surface area contributed by atoms with Gasteiger partial charge in [-0.05, 0) is 12.8 Å². The molecule has 0 radical (unpaired) electrons. The van der Waals surface area contributed by atoms with E-state index in [1.807, 2.05) is 13.8 Å². The summed E-state index contributed by atoms with van der Waals surface area (Å²) >= 11 is 0. The number of ether oxygens (including phenoxy) is 1. The van der Waals surface area contributed by atoms with Crippen LogP contribution in [-0.2, 0) is 4.74 Å². The maximum atomic E-state index is 10.4. The second-order valence-electron chi connectivity index (χ2n) is 2.74. The van der Waals surface area contributed by atoms with Crippen LogP contribution < -0.4 is 5.73 Å². The van der Waals surface area contributed by atoms with Gasteiger partial charge in [-0.3, -0.25) is 0 Å². The Labute approximate surface area is 72.7 Å². The SMILES string of the molecule is CCCC(OC(N)=O)C(O)CC. The standard InChI is InChI=1S/C8H17NO3/c1-3-5-7(6(10)4-2)12-8(9)11/h6-7,10H,3-5H2,1-2H3,(H2,9,11). The number of hydrogen-bond acceptors (Lipinski definition) is 3. The normalized spacial score (nSPS) is 15.2. The summed E-state index contributed by atoms with van der Waals surface area (Å²) in [6.45, 7) is 3.79. The zero-order valence-corrected chi connectivity index (χ0v) is 7.62. The van der Waals surface area contributed by atoms with Crippen LogP contribution in [0.4, 0.5) is 4.79 Å². The van der Waals surface area contributed by atoms with E-state index in [4.69, 9.17) is 10.5 Å². The van der Waals surface area contributed by atoms with Crippen LogP contribution in [0.3, 0.4) is 0 Å². The molecule has 0 bridgehead atoms. The topological polar surface area (TPSA) is 72.5 Å². The first kappa shape index (κ1) is 11.2. The van der Waals surface area contributed by atoms with E-state index < -0.39 is 18.3 Å². The number of nitrogens with two attached hydrogens (primary N) is 1. The monoisotopic (exact) mass is 175 g/mol. The lowest BCUT2D eigenvalue weighted by Gasteiger charge is -2.20. The predicted molar refractivity (Wildman–Crippen MR) is 45.7 cm³/mol. The molecule has 0 saturated heterocycles. The first-order valence-corrected chi connectivity index (χ1v) is 4.25. The lowest BCUT2D eigenvalue weighted by Crippen LogP contribution is -2.32. The minimum absolute atomic E-state index is 0.447. The van der Waals surface area contributed by atoms with Crippen molar-refractivity contribution >= 4 is 6.09 Å². The molecule has 1 amide bonds. The number of hydrogen-bond donors (Lipinski definition) is 2. The van der Waals surface area contributed by atoms with Crippen molar-refractivity contribution in [2.75, 3.05) is 0 Å². The fourth-order valence-electron chi connectivity index (χ4n) is 1.03. The van der Waals surface area contributed by atoms with Crippen molar-refractivity contribution in [2.45, 2.75) is 45.3 Å². The fraction of sp³-hybridized carbons (Fsp3) is 0.875. The minimum Gasteiger partial charge on any atom is -0.444 e. The Morgan fingerprint density at radius 3 is 2.50 bits per heavy atom. The lowest BCUT2D eigenvalue weighted by atomic mass is 10.1. The Balaban J connectivity index is 3.93. The van der Waals surface area contributed by atoms with Crippen molar-refractivity contribution in [3.05, 3.63) is 0 Å². The molecule has 4 nitrogen and oxygen atoms in total. The Kier molecular flexibility index (Phi) is 5.45. The Bertz CT molecular complexity index is 138. The molecule has 0 aliphatic heterocycles. The van der Waals surface area contributed by atoms with Crippen molar-refractivity contribution in [3.8, 4) is 0 Å². The van der Waals surface area contributed by atoms with E-state index in [1.165, 1.54) is 0 Å². The minimum atomic E-state index is -0.819. The highest BCUT2D eigenvalue weighted by atomic mass is 16.6. The number of amides is 1. The van der Waals surface area contributed by atoms with Crippen LogP contribution in [0.25, 0.3) is 0 Å². The third-order valence-electron chi connectivity index (χ3n) is 1.69. The average Bonchev–Trinajstić information content (AvgIpc) is 2.01. The van der Waals surface area contributed by atoms with Gasteiger partial charge in [0.1, 0.15) is 6.10 Å². The molecule has 0 aliphatic carbocycles.